The Kier molecular flexibility index (Phi) is 4.07. The fraction of sp³-hybridized carbons (Fsp3) is 0.471. The zero-order valence-corrected chi connectivity index (χ0v) is 13.2. The minimum atomic E-state index is -0.764. The van der Waals surface area contributed by atoms with Gasteiger partial charge in [0.15, 0.2) is 0 Å². The van der Waals surface area contributed by atoms with Crippen LogP contribution in [0.5, 0.6) is 0 Å². The SMILES string of the molecule is CCc1cccc(NC(=O)CN2C(=O)NC3(CCCC3)C2=O)c1. The normalized spacial score (nSPS) is 19.3. The third-order valence-corrected chi connectivity index (χ3v) is 4.62. The second-order valence-electron chi connectivity index (χ2n) is 6.21. The first-order chi connectivity index (χ1) is 11.0. The molecule has 2 aliphatic rings. The van der Waals surface area contributed by atoms with Crippen molar-refractivity contribution in [2.24, 2.45) is 0 Å². The van der Waals surface area contributed by atoms with Crippen LogP contribution in [0.1, 0.15) is 38.2 Å². The molecule has 1 saturated carbocycles. The van der Waals surface area contributed by atoms with Crippen LogP contribution in [-0.2, 0) is 16.0 Å². The second kappa shape index (κ2) is 6.02. The number of carbonyl (C=O) groups excluding carboxylic acids is 3. The van der Waals surface area contributed by atoms with Gasteiger partial charge in [0.1, 0.15) is 12.1 Å². The number of aryl methyl sites for hydroxylation is 1. The Morgan fingerprint density at radius 3 is 2.74 bits per heavy atom. The monoisotopic (exact) mass is 315 g/mol. The lowest BCUT2D eigenvalue weighted by Gasteiger charge is -2.19. The highest BCUT2D eigenvalue weighted by Crippen LogP contribution is 2.34. The van der Waals surface area contributed by atoms with Gasteiger partial charge in [0.25, 0.3) is 5.91 Å². The molecule has 1 aromatic rings. The predicted octanol–water partition coefficient (Wildman–Crippen LogP) is 2.05. The molecular weight excluding hydrogens is 294 g/mol. The molecule has 4 amide bonds. The molecule has 0 bridgehead atoms. The summed E-state index contributed by atoms with van der Waals surface area (Å²) in [6.45, 7) is 1.79. The Hall–Kier alpha value is -2.37. The van der Waals surface area contributed by atoms with Crippen molar-refractivity contribution in [2.45, 2.75) is 44.6 Å². The van der Waals surface area contributed by atoms with E-state index < -0.39 is 11.6 Å². The van der Waals surface area contributed by atoms with Crippen molar-refractivity contribution >= 4 is 23.5 Å². The molecule has 6 nitrogen and oxygen atoms in total. The van der Waals surface area contributed by atoms with Gasteiger partial charge in [0.05, 0.1) is 0 Å². The van der Waals surface area contributed by atoms with E-state index in [9.17, 15) is 14.4 Å². The van der Waals surface area contributed by atoms with E-state index in [-0.39, 0.29) is 18.4 Å². The van der Waals surface area contributed by atoms with Crippen LogP contribution in [0.2, 0.25) is 0 Å². The maximum Gasteiger partial charge on any atom is 0.325 e. The lowest BCUT2D eigenvalue weighted by atomic mass is 9.98. The highest BCUT2D eigenvalue weighted by atomic mass is 16.2. The second-order valence-corrected chi connectivity index (χ2v) is 6.21. The molecule has 1 saturated heterocycles. The molecule has 122 valence electrons. The fourth-order valence-electron chi connectivity index (χ4n) is 3.35. The summed E-state index contributed by atoms with van der Waals surface area (Å²) in [6, 6.07) is 7.07. The lowest BCUT2D eigenvalue weighted by molar-refractivity contribution is -0.133. The first-order valence-electron chi connectivity index (χ1n) is 8.07. The molecule has 0 radical (unpaired) electrons. The maximum atomic E-state index is 12.5. The van der Waals surface area contributed by atoms with Crippen molar-refractivity contribution in [1.29, 1.82) is 0 Å². The molecule has 23 heavy (non-hydrogen) atoms. The van der Waals surface area contributed by atoms with E-state index in [0.717, 1.165) is 29.7 Å². The van der Waals surface area contributed by atoms with E-state index in [1.807, 2.05) is 25.1 Å². The molecular formula is C17H21N3O3. The smallest absolute Gasteiger partial charge is 0.325 e. The molecule has 1 aliphatic carbocycles. The quantitative estimate of drug-likeness (QED) is 0.835. The van der Waals surface area contributed by atoms with Crippen molar-refractivity contribution in [3.8, 4) is 0 Å². The van der Waals surface area contributed by atoms with Crippen LogP contribution < -0.4 is 10.6 Å². The molecule has 1 aliphatic heterocycles. The van der Waals surface area contributed by atoms with Gasteiger partial charge in [-0.15, -0.1) is 0 Å². The van der Waals surface area contributed by atoms with E-state index in [1.165, 1.54) is 0 Å². The van der Waals surface area contributed by atoms with E-state index in [4.69, 9.17) is 0 Å². The van der Waals surface area contributed by atoms with Crippen LogP contribution in [-0.4, -0.2) is 34.8 Å². The molecule has 0 unspecified atom stereocenters. The summed E-state index contributed by atoms with van der Waals surface area (Å²) in [5.41, 5.74) is 1.03. The van der Waals surface area contributed by atoms with E-state index >= 15 is 0 Å². The Morgan fingerprint density at radius 1 is 1.30 bits per heavy atom. The van der Waals surface area contributed by atoms with Crippen LogP contribution in [0.3, 0.4) is 0 Å². The first-order valence-corrected chi connectivity index (χ1v) is 8.07. The minimum absolute atomic E-state index is 0.247. The maximum absolute atomic E-state index is 12.5. The number of urea groups is 1. The van der Waals surface area contributed by atoms with Crippen LogP contribution >= 0.6 is 0 Å². The molecule has 0 aromatic heterocycles. The summed E-state index contributed by atoms with van der Waals surface area (Å²) < 4.78 is 0. The summed E-state index contributed by atoms with van der Waals surface area (Å²) in [4.78, 5) is 37.7. The van der Waals surface area contributed by atoms with Gasteiger partial charge in [0, 0.05) is 5.69 Å². The highest BCUT2D eigenvalue weighted by Gasteiger charge is 2.52. The van der Waals surface area contributed by atoms with Gasteiger partial charge in [-0.1, -0.05) is 31.9 Å². The third-order valence-electron chi connectivity index (χ3n) is 4.62. The Labute approximate surface area is 135 Å². The summed E-state index contributed by atoms with van der Waals surface area (Å²) >= 11 is 0. The van der Waals surface area contributed by atoms with Crippen molar-refractivity contribution < 1.29 is 14.4 Å². The molecule has 1 aromatic carbocycles. The molecule has 6 heteroatoms. The van der Waals surface area contributed by atoms with E-state index in [1.54, 1.807) is 6.07 Å². The average Bonchev–Trinajstić information content (AvgIpc) is 3.09. The lowest BCUT2D eigenvalue weighted by Crippen LogP contribution is -2.44. The van der Waals surface area contributed by atoms with Gasteiger partial charge < -0.3 is 10.6 Å². The first kappa shape index (κ1) is 15.5. The zero-order valence-electron chi connectivity index (χ0n) is 13.2. The number of carbonyl (C=O) groups is 3. The van der Waals surface area contributed by atoms with Crippen molar-refractivity contribution in [3.05, 3.63) is 29.8 Å². The predicted molar refractivity (Wildman–Crippen MR) is 85.9 cm³/mol. The number of anilines is 1. The van der Waals surface area contributed by atoms with Crippen molar-refractivity contribution in [2.75, 3.05) is 11.9 Å². The number of benzene rings is 1. The van der Waals surface area contributed by atoms with Crippen molar-refractivity contribution in [1.82, 2.24) is 10.2 Å². The molecule has 2 N–H and O–H groups in total. The van der Waals surface area contributed by atoms with E-state index in [2.05, 4.69) is 10.6 Å². The van der Waals surface area contributed by atoms with Gasteiger partial charge in [-0.25, -0.2) is 4.79 Å². The minimum Gasteiger partial charge on any atom is -0.325 e. The highest BCUT2D eigenvalue weighted by molar-refractivity contribution is 6.10. The topological polar surface area (TPSA) is 78.5 Å². The number of hydrogen-bond acceptors (Lipinski definition) is 3. The Balaban J connectivity index is 1.65. The zero-order chi connectivity index (χ0) is 16.4. The van der Waals surface area contributed by atoms with E-state index in [0.29, 0.717) is 18.5 Å². The number of nitrogens with one attached hydrogen (secondary N) is 2. The summed E-state index contributed by atoms with van der Waals surface area (Å²) in [7, 11) is 0. The largest absolute Gasteiger partial charge is 0.325 e. The molecule has 2 fully saturated rings. The fourth-order valence-corrected chi connectivity index (χ4v) is 3.35. The third kappa shape index (κ3) is 2.93. The Bertz CT molecular complexity index is 650. The van der Waals surface area contributed by atoms with Gasteiger partial charge in [0.2, 0.25) is 5.91 Å². The van der Waals surface area contributed by atoms with Gasteiger partial charge in [-0.05, 0) is 37.0 Å². The number of nitrogens with zero attached hydrogens (tertiary/aromatic N) is 1. The number of rotatable bonds is 4. The number of amides is 4. The number of hydrogen-bond donors (Lipinski definition) is 2. The van der Waals surface area contributed by atoms with Crippen molar-refractivity contribution in [3.63, 3.8) is 0 Å². The van der Waals surface area contributed by atoms with Gasteiger partial charge in [-0.2, -0.15) is 0 Å². The Morgan fingerprint density at radius 2 is 2.04 bits per heavy atom. The summed E-state index contributed by atoms with van der Waals surface area (Å²) in [6.07, 6.45) is 4.05. The van der Waals surface area contributed by atoms with Crippen LogP contribution in [0.4, 0.5) is 10.5 Å². The van der Waals surface area contributed by atoms with Crippen LogP contribution in [0.15, 0.2) is 24.3 Å². The molecule has 1 spiro atoms. The summed E-state index contributed by atoms with van der Waals surface area (Å²) in [5.74, 6) is -0.630. The molecule has 3 rings (SSSR count). The molecule has 0 atom stereocenters. The average molecular weight is 315 g/mol. The van der Waals surface area contributed by atoms with Gasteiger partial charge >= 0.3 is 6.03 Å². The number of imide groups is 1. The van der Waals surface area contributed by atoms with Crippen LogP contribution in [0, 0.1) is 0 Å². The summed E-state index contributed by atoms with van der Waals surface area (Å²) in [5, 5.41) is 5.52. The van der Waals surface area contributed by atoms with Crippen LogP contribution in [0.25, 0.3) is 0 Å². The molecule has 1 heterocycles. The van der Waals surface area contributed by atoms with Gasteiger partial charge in [-0.3, -0.25) is 14.5 Å². The standard InChI is InChI=1S/C17H21N3O3/c1-2-12-6-5-7-13(10-12)18-14(21)11-20-15(22)17(19-16(20)23)8-3-4-9-17/h5-7,10H,2-4,8-9,11H2,1H3,(H,18,21)(H,19,23).